The molecule has 0 aliphatic heterocycles. The zero-order chi connectivity index (χ0) is 28.4. The number of hydrogen-bond acceptors (Lipinski definition) is 8. The molecule has 4 aromatic rings. The van der Waals surface area contributed by atoms with Crippen molar-refractivity contribution >= 4 is 17.5 Å². The zero-order valence-electron chi connectivity index (χ0n) is 21.6. The Hall–Kier alpha value is -4.19. The minimum atomic E-state index is -1.67. The lowest BCUT2D eigenvalue weighted by Gasteiger charge is -2.29. The second-order valence-corrected chi connectivity index (χ2v) is 9.50. The van der Waals surface area contributed by atoms with E-state index >= 15 is 0 Å². The van der Waals surface area contributed by atoms with Gasteiger partial charge < -0.3 is 29.7 Å². The number of carbonyl (C=O) groups is 1. The normalized spacial score (nSPS) is 15.1. The summed E-state index contributed by atoms with van der Waals surface area (Å²) in [6.07, 6.45) is 1.62. The van der Waals surface area contributed by atoms with Crippen LogP contribution in [0.4, 0.5) is 4.39 Å². The Morgan fingerprint density at radius 2 is 1.90 bits per heavy atom. The van der Waals surface area contributed by atoms with Crippen LogP contribution >= 0.6 is 11.6 Å². The van der Waals surface area contributed by atoms with Gasteiger partial charge >= 0.3 is 0 Å². The van der Waals surface area contributed by atoms with E-state index in [0.29, 0.717) is 28.5 Å². The van der Waals surface area contributed by atoms with Crippen LogP contribution in [0, 0.1) is 5.82 Å². The average Bonchev–Trinajstić information content (AvgIpc) is 3.48. The maximum atomic E-state index is 13.8. The lowest BCUT2D eigenvalue weighted by Crippen LogP contribution is -2.43. The summed E-state index contributed by atoms with van der Waals surface area (Å²) >= 11 is 6.02. The number of aromatic amines is 1. The summed E-state index contributed by atoms with van der Waals surface area (Å²) in [6, 6.07) is 12.1. The summed E-state index contributed by atoms with van der Waals surface area (Å²) in [6.45, 7) is -0.294. The third-order valence-electron chi connectivity index (χ3n) is 6.70. The molecule has 4 N–H and O–H groups in total. The van der Waals surface area contributed by atoms with Gasteiger partial charge in [-0.3, -0.25) is 9.89 Å². The highest BCUT2D eigenvalue weighted by molar-refractivity contribution is 6.31. The molecule has 2 aromatic heterocycles. The fraction of sp³-hybridized carbons (Fsp3) is 0.250. The molecule has 2 unspecified atom stereocenters. The summed E-state index contributed by atoms with van der Waals surface area (Å²) in [5, 5.41) is 30.7. The number of hydrogen-bond donors (Lipinski definition) is 4. The molecule has 10 nitrogen and oxygen atoms in total. The van der Waals surface area contributed by atoms with Crippen LogP contribution in [0.2, 0.25) is 5.02 Å². The number of carbonyl (C=O) groups excluding carboxylic acids is 1. The number of benzene rings is 2. The van der Waals surface area contributed by atoms with E-state index < -0.39 is 23.2 Å². The summed E-state index contributed by atoms with van der Waals surface area (Å²) in [7, 11) is 2.92. The van der Waals surface area contributed by atoms with Gasteiger partial charge in [0.05, 0.1) is 55.9 Å². The van der Waals surface area contributed by atoms with Crippen molar-refractivity contribution in [2.45, 2.75) is 11.5 Å². The highest BCUT2D eigenvalue weighted by atomic mass is 35.5. The van der Waals surface area contributed by atoms with Crippen molar-refractivity contribution in [1.82, 2.24) is 20.5 Å². The molecule has 12 heteroatoms. The van der Waals surface area contributed by atoms with Crippen LogP contribution in [0.15, 0.2) is 54.7 Å². The van der Waals surface area contributed by atoms with Crippen LogP contribution < -0.4 is 19.5 Å². The topological polar surface area (TPSA) is 139 Å². The second kappa shape index (κ2) is 11.1. The molecule has 1 amide bonds. The first-order chi connectivity index (χ1) is 19.3. The molecule has 2 heterocycles. The van der Waals surface area contributed by atoms with Crippen molar-refractivity contribution in [3.05, 3.63) is 88.1 Å². The predicted molar refractivity (Wildman–Crippen MR) is 143 cm³/mol. The van der Waals surface area contributed by atoms with Gasteiger partial charge in [0.25, 0.3) is 5.91 Å². The standard InChI is InChI=1S/C28H26ClFN4O6/c1-38-21-7-8-23(33-25(21)15-3-5-19(30)18(29)11-15)28(37,24-17-13-32-34-26(17)24)14-31-27(36)16-4-6-20(40-10-9-35)22(12-16)39-2/h3-8,11-13,24,35,37H,9-10,14H2,1-2H3,(H,31,36)(H,32,34). The number of aliphatic hydroxyl groups is 2. The van der Waals surface area contributed by atoms with Gasteiger partial charge in [0.2, 0.25) is 0 Å². The summed E-state index contributed by atoms with van der Waals surface area (Å²) in [5.41, 5.74) is 1.22. The second-order valence-electron chi connectivity index (χ2n) is 9.09. The van der Waals surface area contributed by atoms with Crippen molar-refractivity contribution in [3.63, 3.8) is 0 Å². The number of fused-ring (bicyclic) bond motifs is 1. The predicted octanol–water partition coefficient (Wildman–Crippen LogP) is 3.42. The van der Waals surface area contributed by atoms with Crippen LogP contribution in [-0.4, -0.2) is 65.3 Å². The molecule has 0 radical (unpaired) electrons. The smallest absolute Gasteiger partial charge is 0.251 e. The number of rotatable bonds is 11. The van der Waals surface area contributed by atoms with Gasteiger partial charge in [-0.25, -0.2) is 9.37 Å². The van der Waals surface area contributed by atoms with Crippen LogP contribution in [0.1, 0.15) is 33.2 Å². The van der Waals surface area contributed by atoms with Gasteiger partial charge in [-0.05, 0) is 48.5 Å². The van der Waals surface area contributed by atoms with Gasteiger partial charge in [0, 0.05) is 16.7 Å². The first kappa shape index (κ1) is 27.4. The van der Waals surface area contributed by atoms with E-state index in [9.17, 15) is 14.3 Å². The summed E-state index contributed by atoms with van der Waals surface area (Å²) in [5.74, 6) is -0.437. The van der Waals surface area contributed by atoms with Crippen molar-refractivity contribution in [2.24, 2.45) is 0 Å². The van der Waals surface area contributed by atoms with Crippen LogP contribution in [-0.2, 0) is 5.60 Å². The number of amides is 1. The molecule has 2 aromatic carbocycles. The SMILES string of the molecule is COc1cc(C(=O)NCC(O)(c2ccc(OC)c(-c3ccc(F)c(Cl)c3)n2)C2c3cn[nH]c32)ccc1OCCO. The Kier molecular flexibility index (Phi) is 7.61. The van der Waals surface area contributed by atoms with E-state index in [2.05, 4.69) is 15.5 Å². The fourth-order valence-corrected chi connectivity index (χ4v) is 4.80. The molecule has 1 aliphatic carbocycles. The molecule has 5 rings (SSSR count). The Balaban J connectivity index is 1.46. The van der Waals surface area contributed by atoms with E-state index in [0.717, 1.165) is 11.3 Å². The molecule has 0 bridgehead atoms. The first-order valence-electron chi connectivity index (χ1n) is 12.3. The third kappa shape index (κ3) is 5.06. The van der Waals surface area contributed by atoms with Crippen molar-refractivity contribution in [2.75, 3.05) is 34.0 Å². The van der Waals surface area contributed by atoms with Crippen LogP contribution in [0.5, 0.6) is 17.2 Å². The Bertz CT molecular complexity index is 1550. The fourth-order valence-electron chi connectivity index (χ4n) is 4.62. The number of pyridine rings is 1. The third-order valence-corrected chi connectivity index (χ3v) is 6.99. The highest BCUT2D eigenvalue weighted by Crippen LogP contribution is 2.53. The molecular weight excluding hydrogens is 543 g/mol. The van der Waals surface area contributed by atoms with E-state index in [4.69, 9.17) is 35.9 Å². The van der Waals surface area contributed by atoms with Crippen LogP contribution in [0.25, 0.3) is 11.3 Å². The van der Waals surface area contributed by atoms with Crippen molar-refractivity contribution in [1.29, 1.82) is 0 Å². The first-order valence-corrected chi connectivity index (χ1v) is 12.6. The summed E-state index contributed by atoms with van der Waals surface area (Å²) < 4.78 is 30.1. The van der Waals surface area contributed by atoms with E-state index in [1.807, 2.05) is 0 Å². The minimum Gasteiger partial charge on any atom is -0.494 e. The molecule has 1 aliphatic rings. The molecule has 2 atom stereocenters. The monoisotopic (exact) mass is 568 g/mol. The number of H-pyrrole nitrogens is 1. The Morgan fingerprint density at radius 1 is 1.12 bits per heavy atom. The number of nitrogens with one attached hydrogen (secondary N) is 2. The van der Waals surface area contributed by atoms with Gasteiger partial charge in [-0.2, -0.15) is 5.10 Å². The Morgan fingerprint density at radius 3 is 2.58 bits per heavy atom. The van der Waals surface area contributed by atoms with E-state index in [1.165, 1.54) is 38.5 Å². The average molecular weight is 569 g/mol. The quantitative estimate of drug-likeness (QED) is 0.216. The number of methoxy groups -OCH3 is 2. The lowest BCUT2D eigenvalue weighted by molar-refractivity contribution is 0.0261. The van der Waals surface area contributed by atoms with E-state index in [1.54, 1.807) is 30.5 Å². The molecule has 0 fully saturated rings. The van der Waals surface area contributed by atoms with Gasteiger partial charge in [0.1, 0.15) is 29.5 Å². The maximum absolute atomic E-state index is 13.8. The van der Waals surface area contributed by atoms with Gasteiger partial charge in [-0.1, -0.05) is 11.6 Å². The molecule has 0 saturated heterocycles. The van der Waals surface area contributed by atoms with E-state index in [-0.39, 0.29) is 36.0 Å². The number of ether oxygens (including phenoxy) is 3. The highest BCUT2D eigenvalue weighted by Gasteiger charge is 2.53. The minimum absolute atomic E-state index is 0.0757. The van der Waals surface area contributed by atoms with Gasteiger partial charge in [0.15, 0.2) is 11.5 Å². The number of halogens is 2. The largest absolute Gasteiger partial charge is 0.494 e. The van der Waals surface area contributed by atoms with Crippen LogP contribution in [0.3, 0.4) is 0 Å². The molecule has 40 heavy (non-hydrogen) atoms. The summed E-state index contributed by atoms with van der Waals surface area (Å²) in [4.78, 5) is 17.9. The van der Waals surface area contributed by atoms with Crippen molar-refractivity contribution < 1.29 is 33.6 Å². The Labute approximate surface area is 233 Å². The number of aliphatic hydroxyl groups excluding tert-OH is 1. The molecular formula is C28H26ClFN4O6. The number of nitrogens with zero attached hydrogens (tertiary/aromatic N) is 2. The lowest BCUT2D eigenvalue weighted by atomic mass is 9.90. The molecule has 0 saturated carbocycles. The van der Waals surface area contributed by atoms with Crippen molar-refractivity contribution in [3.8, 4) is 28.5 Å². The van der Waals surface area contributed by atoms with Gasteiger partial charge in [-0.15, -0.1) is 0 Å². The molecule has 208 valence electrons. The maximum Gasteiger partial charge on any atom is 0.251 e. The number of aromatic nitrogens is 3. The molecule has 0 spiro atoms. The zero-order valence-corrected chi connectivity index (χ0v) is 22.3.